The Balaban J connectivity index is 1.34. The number of thioether (sulfide) groups is 1. The highest BCUT2D eigenvalue weighted by atomic mass is 32.2. The molecule has 2 aliphatic rings. The second-order valence-corrected chi connectivity index (χ2v) is 9.67. The van der Waals surface area contributed by atoms with Crippen LogP contribution in [0.5, 0.6) is 0 Å². The fraction of sp³-hybridized carbons (Fsp3) is 0.476. The summed E-state index contributed by atoms with van der Waals surface area (Å²) in [5, 5.41) is 4.92. The lowest BCUT2D eigenvalue weighted by Crippen LogP contribution is -2.50. The molecule has 1 amide bonds. The Labute approximate surface area is 170 Å². The topological polar surface area (TPSA) is 26.8 Å². The fourth-order valence-electron chi connectivity index (χ4n) is 3.77. The Morgan fingerprint density at radius 1 is 1.07 bits per heavy atom. The van der Waals surface area contributed by atoms with Crippen molar-refractivity contribution in [2.24, 2.45) is 0 Å². The third-order valence-electron chi connectivity index (χ3n) is 5.35. The zero-order valence-electron chi connectivity index (χ0n) is 15.8. The largest absolute Gasteiger partial charge is 0.310 e. The first kappa shape index (κ1) is 19.0. The molecule has 4 nitrogen and oxygen atoms in total. The number of anilines is 1. The summed E-state index contributed by atoms with van der Waals surface area (Å²) < 4.78 is 0. The lowest BCUT2D eigenvalue weighted by atomic mass is 10.2. The average Bonchev–Trinajstić information content (AvgIpc) is 3.11. The Morgan fingerprint density at radius 2 is 1.85 bits per heavy atom. The Bertz CT molecular complexity index is 757. The monoisotopic (exact) mass is 401 g/mol. The van der Waals surface area contributed by atoms with Gasteiger partial charge in [-0.1, -0.05) is 19.1 Å². The predicted octanol–water partition coefficient (Wildman–Crippen LogP) is 3.78. The quantitative estimate of drug-likeness (QED) is 0.779. The summed E-state index contributed by atoms with van der Waals surface area (Å²) in [6.07, 6.45) is 1.04. The summed E-state index contributed by atoms with van der Waals surface area (Å²) >= 11 is 3.65. The molecule has 1 unspecified atom stereocenters. The van der Waals surface area contributed by atoms with Crippen molar-refractivity contribution in [2.75, 3.05) is 44.2 Å². The standard InChI is InChI=1S/C21H27N3OS2/c1-17-6-8-24(19-4-2-3-5-20(19)27-17)21(25)15-23-11-9-22(10-12-23)14-18-7-13-26-16-18/h2-5,7,13,16-17H,6,8-12,14-15H2,1H3. The van der Waals surface area contributed by atoms with Gasteiger partial charge < -0.3 is 4.90 Å². The summed E-state index contributed by atoms with van der Waals surface area (Å²) in [6, 6.07) is 10.6. The van der Waals surface area contributed by atoms with Gasteiger partial charge in [0.05, 0.1) is 12.2 Å². The number of rotatable bonds is 4. The molecule has 0 spiro atoms. The highest BCUT2D eigenvalue weighted by Gasteiger charge is 2.26. The van der Waals surface area contributed by atoms with Crippen molar-refractivity contribution in [1.29, 1.82) is 0 Å². The zero-order valence-corrected chi connectivity index (χ0v) is 17.5. The fourth-order valence-corrected chi connectivity index (χ4v) is 5.54. The van der Waals surface area contributed by atoms with Crippen molar-refractivity contribution >= 4 is 34.7 Å². The maximum Gasteiger partial charge on any atom is 0.241 e. The van der Waals surface area contributed by atoms with Crippen LogP contribution < -0.4 is 4.90 Å². The Kier molecular flexibility index (Phi) is 6.18. The van der Waals surface area contributed by atoms with E-state index in [0.29, 0.717) is 11.8 Å². The molecule has 27 heavy (non-hydrogen) atoms. The molecule has 1 atom stereocenters. The van der Waals surface area contributed by atoms with Crippen LogP contribution in [0.3, 0.4) is 0 Å². The van der Waals surface area contributed by atoms with E-state index in [2.05, 4.69) is 51.7 Å². The normalized spacial score (nSPS) is 21.7. The maximum atomic E-state index is 13.1. The van der Waals surface area contributed by atoms with Gasteiger partial charge in [0.25, 0.3) is 0 Å². The van der Waals surface area contributed by atoms with Crippen molar-refractivity contribution in [1.82, 2.24) is 9.80 Å². The molecule has 1 aromatic heterocycles. The van der Waals surface area contributed by atoms with E-state index < -0.39 is 0 Å². The van der Waals surface area contributed by atoms with Gasteiger partial charge in [-0.25, -0.2) is 0 Å². The number of thiophene rings is 1. The minimum Gasteiger partial charge on any atom is -0.310 e. The van der Waals surface area contributed by atoms with Crippen molar-refractivity contribution < 1.29 is 4.79 Å². The minimum absolute atomic E-state index is 0.239. The number of amides is 1. The Hall–Kier alpha value is -1.34. The summed E-state index contributed by atoms with van der Waals surface area (Å²) in [5.41, 5.74) is 2.49. The third kappa shape index (κ3) is 4.74. The molecule has 144 valence electrons. The predicted molar refractivity (Wildman–Crippen MR) is 115 cm³/mol. The van der Waals surface area contributed by atoms with Crippen molar-refractivity contribution in [3.05, 3.63) is 46.7 Å². The van der Waals surface area contributed by atoms with Gasteiger partial charge in [0.1, 0.15) is 0 Å². The van der Waals surface area contributed by atoms with Crippen LogP contribution >= 0.6 is 23.1 Å². The summed E-state index contributed by atoms with van der Waals surface area (Å²) in [7, 11) is 0. The van der Waals surface area contributed by atoms with Gasteiger partial charge in [-0.05, 0) is 40.9 Å². The van der Waals surface area contributed by atoms with Crippen LogP contribution in [0.15, 0.2) is 46.0 Å². The number of carbonyl (C=O) groups is 1. The number of fused-ring (bicyclic) bond motifs is 1. The molecule has 2 aliphatic heterocycles. The van der Waals surface area contributed by atoms with E-state index in [-0.39, 0.29) is 5.91 Å². The Morgan fingerprint density at radius 3 is 2.63 bits per heavy atom. The molecule has 6 heteroatoms. The summed E-state index contributed by atoms with van der Waals surface area (Å²) in [6.45, 7) is 8.63. The lowest BCUT2D eigenvalue weighted by Gasteiger charge is -2.35. The van der Waals surface area contributed by atoms with E-state index in [1.807, 2.05) is 22.7 Å². The molecule has 0 radical (unpaired) electrons. The van der Waals surface area contributed by atoms with Crippen LogP contribution in [0, 0.1) is 0 Å². The van der Waals surface area contributed by atoms with Crippen LogP contribution in [-0.4, -0.2) is 60.2 Å². The van der Waals surface area contributed by atoms with Gasteiger partial charge in [-0.15, -0.1) is 11.8 Å². The van der Waals surface area contributed by atoms with Crippen molar-refractivity contribution in [3.8, 4) is 0 Å². The molecule has 1 saturated heterocycles. The molecule has 4 rings (SSSR count). The lowest BCUT2D eigenvalue weighted by molar-refractivity contribution is -0.120. The number of hydrogen-bond acceptors (Lipinski definition) is 5. The van der Waals surface area contributed by atoms with Gasteiger partial charge in [-0.3, -0.25) is 14.6 Å². The molecule has 2 aromatic rings. The SMILES string of the molecule is CC1CCN(C(=O)CN2CCN(Cc3ccsc3)CC2)c2ccccc2S1. The number of benzene rings is 1. The molecular weight excluding hydrogens is 374 g/mol. The van der Waals surface area contributed by atoms with E-state index in [4.69, 9.17) is 0 Å². The van der Waals surface area contributed by atoms with Gasteiger partial charge in [0.15, 0.2) is 0 Å². The number of carbonyl (C=O) groups excluding carboxylic acids is 1. The zero-order chi connectivity index (χ0) is 18.6. The van der Waals surface area contributed by atoms with E-state index >= 15 is 0 Å². The molecule has 0 saturated carbocycles. The van der Waals surface area contributed by atoms with Crippen LogP contribution in [-0.2, 0) is 11.3 Å². The molecule has 0 N–H and O–H groups in total. The van der Waals surface area contributed by atoms with Crippen LogP contribution in [0.1, 0.15) is 18.9 Å². The second-order valence-electron chi connectivity index (χ2n) is 7.41. The van der Waals surface area contributed by atoms with Crippen molar-refractivity contribution in [3.63, 3.8) is 0 Å². The van der Waals surface area contributed by atoms with Gasteiger partial charge in [0.2, 0.25) is 5.91 Å². The number of hydrogen-bond donors (Lipinski definition) is 0. The molecule has 3 heterocycles. The molecular formula is C21H27N3OS2. The second kappa shape index (κ2) is 8.78. The van der Waals surface area contributed by atoms with Gasteiger partial charge in [-0.2, -0.15) is 11.3 Å². The van der Waals surface area contributed by atoms with Crippen molar-refractivity contribution in [2.45, 2.75) is 30.0 Å². The number of para-hydroxylation sites is 1. The summed E-state index contributed by atoms with van der Waals surface area (Å²) in [4.78, 5) is 21.1. The summed E-state index contributed by atoms with van der Waals surface area (Å²) in [5.74, 6) is 0.239. The van der Waals surface area contributed by atoms with Gasteiger partial charge >= 0.3 is 0 Å². The molecule has 0 aliphatic carbocycles. The maximum absolute atomic E-state index is 13.1. The van der Waals surface area contributed by atoms with E-state index in [9.17, 15) is 4.79 Å². The third-order valence-corrected chi connectivity index (χ3v) is 7.32. The molecule has 1 aromatic carbocycles. The minimum atomic E-state index is 0.239. The number of nitrogens with zero attached hydrogens (tertiary/aromatic N) is 3. The van der Waals surface area contributed by atoms with Crippen LogP contribution in [0.4, 0.5) is 5.69 Å². The first-order valence-corrected chi connectivity index (χ1v) is 11.5. The smallest absolute Gasteiger partial charge is 0.241 e. The van der Waals surface area contributed by atoms with E-state index in [0.717, 1.165) is 51.4 Å². The molecule has 0 bridgehead atoms. The van der Waals surface area contributed by atoms with E-state index in [1.54, 1.807) is 11.3 Å². The highest BCUT2D eigenvalue weighted by molar-refractivity contribution is 8.00. The molecule has 1 fully saturated rings. The van der Waals surface area contributed by atoms with Gasteiger partial charge in [0, 0.05) is 49.4 Å². The first-order chi connectivity index (χ1) is 13.2. The highest BCUT2D eigenvalue weighted by Crippen LogP contribution is 2.37. The first-order valence-electron chi connectivity index (χ1n) is 9.71. The van der Waals surface area contributed by atoms with Crippen LogP contribution in [0.25, 0.3) is 0 Å². The average molecular weight is 402 g/mol. The van der Waals surface area contributed by atoms with Crippen LogP contribution in [0.2, 0.25) is 0 Å². The number of piperazine rings is 1. The van der Waals surface area contributed by atoms with E-state index in [1.165, 1.54) is 10.5 Å².